The third-order valence-electron chi connectivity index (χ3n) is 4.40. The number of ether oxygens (including phenoxy) is 1. The first-order valence-electron chi connectivity index (χ1n) is 7.58. The highest BCUT2D eigenvalue weighted by Gasteiger charge is 2.43. The van der Waals surface area contributed by atoms with E-state index >= 15 is 0 Å². The summed E-state index contributed by atoms with van der Waals surface area (Å²) >= 11 is 0. The number of likely N-dealkylation sites (tertiary alicyclic amines) is 1. The number of aliphatic carboxylic acids is 1. The molecule has 1 atom stereocenters. The van der Waals surface area contributed by atoms with Crippen LogP contribution in [0.25, 0.3) is 0 Å². The Morgan fingerprint density at radius 1 is 1.55 bits per heavy atom. The van der Waals surface area contributed by atoms with Crippen LogP contribution < -0.4 is 0 Å². The van der Waals surface area contributed by atoms with Crippen molar-refractivity contribution in [3.8, 4) is 0 Å². The topological polar surface area (TPSA) is 95.5 Å². The van der Waals surface area contributed by atoms with Gasteiger partial charge in [0, 0.05) is 32.5 Å². The number of piperidine rings is 1. The van der Waals surface area contributed by atoms with Crippen molar-refractivity contribution in [1.29, 1.82) is 0 Å². The molecule has 122 valence electrons. The minimum Gasteiger partial charge on any atom is -0.481 e. The van der Waals surface area contributed by atoms with Gasteiger partial charge in [0.15, 0.2) is 0 Å². The fourth-order valence-corrected chi connectivity index (χ4v) is 3.03. The number of methoxy groups -OCH3 is 1. The van der Waals surface area contributed by atoms with Crippen molar-refractivity contribution >= 4 is 11.9 Å². The minimum absolute atomic E-state index is 0.145. The number of aromatic nitrogens is 2. The van der Waals surface area contributed by atoms with Crippen LogP contribution in [-0.4, -0.2) is 58.9 Å². The fraction of sp³-hybridized carbons (Fsp3) is 0.667. The first-order chi connectivity index (χ1) is 10.5. The summed E-state index contributed by atoms with van der Waals surface area (Å²) in [6.07, 6.45) is 3.87. The number of carboxylic acids is 1. The van der Waals surface area contributed by atoms with Crippen LogP contribution in [0, 0.1) is 5.41 Å². The van der Waals surface area contributed by atoms with Crippen LogP contribution in [0.5, 0.6) is 0 Å². The largest absolute Gasteiger partial charge is 0.481 e. The second-order valence-electron chi connectivity index (χ2n) is 5.77. The standard InChI is InChI=1S/C15H23N3O4/c1-3-12-11(9-16-17-12)13(19)18-7-4-5-15(10-18,14(20)21)6-8-22-2/h9H,3-8,10H2,1-2H3,(H,16,17)(H,20,21)/t15-/m0/s1. The van der Waals surface area contributed by atoms with Crippen molar-refractivity contribution in [2.75, 3.05) is 26.8 Å². The van der Waals surface area contributed by atoms with Crippen LogP contribution in [0.4, 0.5) is 0 Å². The summed E-state index contributed by atoms with van der Waals surface area (Å²) in [5.41, 5.74) is 0.406. The number of H-pyrrole nitrogens is 1. The third-order valence-corrected chi connectivity index (χ3v) is 4.40. The van der Waals surface area contributed by atoms with Gasteiger partial charge in [0.05, 0.1) is 17.2 Å². The molecule has 1 aliphatic rings. The molecule has 0 bridgehead atoms. The molecule has 7 nitrogen and oxygen atoms in total. The summed E-state index contributed by atoms with van der Waals surface area (Å²) < 4.78 is 5.04. The molecule has 1 fully saturated rings. The highest BCUT2D eigenvalue weighted by atomic mass is 16.5. The van der Waals surface area contributed by atoms with Gasteiger partial charge in [0.25, 0.3) is 5.91 Å². The van der Waals surface area contributed by atoms with Crippen molar-refractivity contribution < 1.29 is 19.4 Å². The van der Waals surface area contributed by atoms with E-state index in [4.69, 9.17) is 4.74 Å². The Hall–Kier alpha value is -1.89. The molecule has 0 spiro atoms. The van der Waals surface area contributed by atoms with Gasteiger partial charge >= 0.3 is 5.97 Å². The van der Waals surface area contributed by atoms with E-state index in [2.05, 4.69) is 10.2 Å². The quantitative estimate of drug-likeness (QED) is 0.826. The Bertz CT molecular complexity index is 543. The van der Waals surface area contributed by atoms with Crippen LogP contribution in [0.15, 0.2) is 6.20 Å². The molecule has 1 aliphatic heterocycles. The molecule has 2 N–H and O–H groups in total. The summed E-state index contributed by atoms with van der Waals surface area (Å²) in [7, 11) is 1.56. The average Bonchev–Trinajstić information content (AvgIpc) is 3.00. The smallest absolute Gasteiger partial charge is 0.311 e. The van der Waals surface area contributed by atoms with Crippen LogP contribution in [0.2, 0.25) is 0 Å². The summed E-state index contributed by atoms with van der Waals surface area (Å²) in [5.74, 6) is -1.00. The maximum Gasteiger partial charge on any atom is 0.311 e. The molecule has 0 aromatic carbocycles. The molecule has 1 amide bonds. The number of aromatic amines is 1. The lowest BCUT2D eigenvalue weighted by Crippen LogP contribution is -2.50. The van der Waals surface area contributed by atoms with Gasteiger partial charge in [0.1, 0.15) is 0 Å². The van der Waals surface area contributed by atoms with Crippen molar-refractivity contribution in [3.63, 3.8) is 0 Å². The van der Waals surface area contributed by atoms with E-state index in [0.29, 0.717) is 44.4 Å². The molecule has 1 aromatic rings. The van der Waals surface area contributed by atoms with Gasteiger partial charge in [-0.25, -0.2) is 0 Å². The monoisotopic (exact) mass is 309 g/mol. The molecule has 1 saturated heterocycles. The highest BCUT2D eigenvalue weighted by molar-refractivity contribution is 5.95. The Balaban J connectivity index is 2.18. The zero-order valence-electron chi connectivity index (χ0n) is 13.1. The number of nitrogens with zero attached hydrogens (tertiary/aromatic N) is 2. The lowest BCUT2D eigenvalue weighted by atomic mass is 9.77. The fourth-order valence-electron chi connectivity index (χ4n) is 3.03. The van der Waals surface area contributed by atoms with E-state index in [1.54, 1.807) is 12.0 Å². The van der Waals surface area contributed by atoms with Gasteiger partial charge in [0.2, 0.25) is 0 Å². The molecule has 7 heteroatoms. The molecular formula is C15H23N3O4. The number of hydrogen-bond acceptors (Lipinski definition) is 4. The summed E-state index contributed by atoms with van der Waals surface area (Å²) in [4.78, 5) is 26.1. The minimum atomic E-state index is -0.917. The SMILES string of the molecule is CCc1[nH]ncc1C(=O)N1CCC[C@@](CCOC)(C(=O)O)C1. The van der Waals surface area contributed by atoms with E-state index in [9.17, 15) is 14.7 Å². The Morgan fingerprint density at radius 3 is 2.95 bits per heavy atom. The van der Waals surface area contributed by atoms with Crippen LogP contribution in [0.1, 0.15) is 42.2 Å². The van der Waals surface area contributed by atoms with Crippen LogP contribution >= 0.6 is 0 Å². The first-order valence-corrected chi connectivity index (χ1v) is 7.58. The van der Waals surface area contributed by atoms with Gasteiger partial charge < -0.3 is 14.7 Å². The van der Waals surface area contributed by atoms with Gasteiger partial charge in [-0.15, -0.1) is 0 Å². The molecule has 22 heavy (non-hydrogen) atoms. The molecule has 2 heterocycles. The van der Waals surface area contributed by atoms with Crippen LogP contribution in [-0.2, 0) is 16.0 Å². The van der Waals surface area contributed by atoms with Crippen LogP contribution in [0.3, 0.4) is 0 Å². The van der Waals surface area contributed by atoms with Gasteiger partial charge in [-0.1, -0.05) is 6.92 Å². The highest BCUT2D eigenvalue weighted by Crippen LogP contribution is 2.34. The van der Waals surface area contributed by atoms with Crippen molar-refractivity contribution in [1.82, 2.24) is 15.1 Å². The zero-order valence-corrected chi connectivity index (χ0v) is 13.1. The molecule has 1 aromatic heterocycles. The van der Waals surface area contributed by atoms with E-state index in [0.717, 1.165) is 5.69 Å². The summed E-state index contributed by atoms with van der Waals surface area (Å²) in [6, 6.07) is 0. The maximum atomic E-state index is 12.7. The lowest BCUT2D eigenvalue weighted by Gasteiger charge is -2.39. The van der Waals surface area contributed by atoms with Crippen molar-refractivity contribution in [2.24, 2.45) is 5.41 Å². The Kier molecular flexibility index (Phi) is 5.18. The number of amides is 1. The van der Waals surface area contributed by atoms with E-state index in [1.165, 1.54) is 6.20 Å². The normalized spacial score (nSPS) is 21.8. The number of carboxylic acid groups (broad SMARTS) is 1. The second kappa shape index (κ2) is 6.91. The summed E-state index contributed by atoms with van der Waals surface area (Å²) in [5, 5.41) is 16.4. The third kappa shape index (κ3) is 3.14. The predicted octanol–water partition coefficient (Wildman–Crippen LogP) is 1.32. The van der Waals surface area contributed by atoms with E-state index in [-0.39, 0.29) is 12.5 Å². The number of hydrogen-bond donors (Lipinski definition) is 2. The number of aryl methyl sites for hydroxylation is 1. The second-order valence-corrected chi connectivity index (χ2v) is 5.77. The lowest BCUT2D eigenvalue weighted by molar-refractivity contribution is -0.153. The number of rotatable bonds is 6. The van der Waals surface area contributed by atoms with Gasteiger partial charge in [-0.2, -0.15) is 5.10 Å². The van der Waals surface area contributed by atoms with Crippen molar-refractivity contribution in [2.45, 2.75) is 32.6 Å². The van der Waals surface area contributed by atoms with Gasteiger partial charge in [-0.05, 0) is 25.7 Å². The number of carbonyl (C=O) groups is 2. The molecule has 0 radical (unpaired) electrons. The van der Waals surface area contributed by atoms with E-state index in [1.807, 2.05) is 6.92 Å². The number of nitrogens with one attached hydrogen (secondary N) is 1. The molecule has 0 aliphatic carbocycles. The molecule has 0 saturated carbocycles. The predicted molar refractivity (Wildman–Crippen MR) is 79.7 cm³/mol. The number of carbonyl (C=O) groups excluding carboxylic acids is 1. The average molecular weight is 309 g/mol. The maximum absolute atomic E-state index is 12.7. The Morgan fingerprint density at radius 2 is 2.32 bits per heavy atom. The molecule has 2 rings (SSSR count). The zero-order chi connectivity index (χ0) is 16.2. The van der Waals surface area contributed by atoms with E-state index < -0.39 is 11.4 Å². The summed E-state index contributed by atoms with van der Waals surface area (Å²) in [6.45, 7) is 3.12. The van der Waals surface area contributed by atoms with Crippen molar-refractivity contribution in [3.05, 3.63) is 17.5 Å². The first kappa shape index (κ1) is 16.5. The van der Waals surface area contributed by atoms with Gasteiger partial charge in [-0.3, -0.25) is 14.7 Å². The molecule has 0 unspecified atom stereocenters. The Labute approximate surface area is 129 Å². The molecular weight excluding hydrogens is 286 g/mol.